The number of aliphatic hydroxyl groups excluding tert-OH is 1. The fourth-order valence-electron chi connectivity index (χ4n) is 1.59. The monoisotopic (exact) mass is 246 g/mol. The molecule has 0 aromatic carbocycles. The van der Waals surface area contributed by atoms with Crippen LogP contribution in [0.15, 0.2) is 0 Å². The van der Waals surface area contributed by atoms with Gasteiger partial charge in [-0.2, -0.15) is 0 Å². The van der Waals surface area contributed by atoms with Gasteiger partial charge < -0.3 is 25.6 Å². The number of carbonyl (C=O) groups is 2. The van der Waals surface area contributed by atoms with E-state index in [4.69, 9.17) is 14.9 Å². The summed E-state index contributed by atoms with van der Waals surface area (Å²) in [6, 6.07) is -1.92. The summed E-state index contributed by atoms with van der Waals surface area (Å²) in [4.78, 5) is 22.1. The van der Waals surface area contributed by atoms with E-state index in [1.54, 1.807) is 0 Å². The Bertz CT molecular complexity index is 276. The molecule has 17 heavy (non-hydrogen) atoms. The molecule has 3 unspecified atom stereocenters. The van der Waals surface area contributed by atoms with Crippen molar-refractivity contribution in [3.63, 3.8) is 0 Å². The van der Waals surface area contributed by atoms with Crippen molar-refractivity contribution < 1.29 is 24.5 Å². The van der Waals surface area contributed by atoms with E-state index in [0.29, 0.717) is 13.2 Å². The molecule has 7 nitrogen and oxygen atoms in total. The smallest absolute Gasteiger partial charge is 0.328 e. The molecule has 1 fully saturated rings. The summed E-state index contributed by atoms with van der Waals surface area (Å²) in [5.41, 5.74) is 0. The van der Waals surface area contributed by atoms with Gasteiger partial charge in [0, 0.05) is 13.2 Å². The number of ether oxygens (including phenoxy) is 1. The van der Waals surface area contributed by atoms with Crippen molar-refractivity contribution in [2.75, 3.05) is 13.2 Å². The van der Waals surface area contributed by atoms with Gasteiger partial charge in [0.1, 0.15) is 0 Å². The van der Waals surface area contributed by atoms with Crippen molar-refractivity contribution in [3.8, 4) is 0 Å². The summed E-state index contributed by atoms with van der Waals surface area (Å²) >= 11 is 0. The Morgan fingerprint density at radius 3 is 2.71 bits per heavy atom. The fourth-order valence-corrected chi connectivity index (χ4v) is 1.59. The van der Waals surface area contributed by atoms with Crippen LogP contribution in [-0.2, 0) is 9.53 Å². The molecule has 1 aliphatic heterocycles. The largest absolute Gasteiger partial charge is 0.480 e. The first kappa shape index (κ1) is 13.7. The van der Waals surface area contributed by atoms with Crippen LogP contribution in [0.25, 0.3) is 0 Å². The van der Waals surface area contributed by atoms with Crippen molar-refractivity contribution >= 4 is 12.0 Å². The lowest BCUT2D eigenvalue weighted by Gasteiger charge is -2.18. The second-order valence-electron chi connectivity index (χ2n) is 4.05. The maximum absolute atomic E-state index is 11.4. The summed E-state index contributed by atoms with van der Waals surface area (Å²) in [5.74, 6) is -1.27. The van der Waals surface area contributed by atoms with Crippen LogP contribution < -0.4 is 10.6 Å². The van der Waals surface area contributed by atoms with Crippen molar-refractivity contribution in [1.29, 1.82) is 0 Å². The number of rotatable bonds is 5. The molecule has 0 aromatic heterocycles. The molecule has 1 rings (SSSR count). The minimum Gasteiger partial charge on any atom is -0.480 e. The van der Waals surface area contributed by atoms with Crippen LogP contribution in [-0.4, -0.2) is 53.6 Å². The van der Waals surface area contributed by atoms with Gasteiger partial charge in [-0.1, -0.05) is 0 Å². The predicted molar refractivity (Wildman–Crippen MR) is 58.6 cm³/mol. The van der Waals surface area contributed by atoms with Gasteiger partial charge in [-0.15, -0.1) is 0 Å². The first-order valence-corrected chi connectivity index (χ1v) is 5.57. The normalized spacial score (nSPS) is 22.8. The quantitative estimate of drug-likeness (QED) is 0.513. The van der Waals surface area contributed by atoms with Gasteiger partial charge >= 0.3 is 12.0 Å². The zero-order valence-electron chi connectivity index (χ0n) is 9.68. The van der Waals surface area contributed by atoms with Gasteiger partial charge in [0.15, 0.2) is 6.04 Å². The molecule has 2 amide bonds. The lowest BCUT2D eigenvalue weighted by atomic mass is 10.2. The zero-order chi connectivity index (χ0) is 12.8. The van der Waals surface area contributed by atoms with Gasteiger partial charge in [-0.3, -0.25) is 0 Å². The van der Waals surface area contributed by atoms with Crippen molar-refractivity contribution in [1.82, 2.24) is 10.6 Å². The van der Waals surface area contributed by atoms with Crippen molar-refractivity contribution in [3.05, 3.63) is 0 Å². The molecule has 1 saturated heterocycles. The van der Waals surface area contributed by atoms with Crippen molar-refractivity contribution in [2.24, 2.45) is 0 Å². The number of carboxylic acids is 1. The van der Waals surface area contributed by atoms with Crippen LogP contribution in [0.4, 0.5) is 4.79 Å². The molecule has 0 aliphatic carbocycles. The molecule has 0 aromatic rings. The summed E-state index contributed by atoms with van der Waals surface area (Å²) in [6.07, 6.45) is 0.704. The molecule has 0 spiro atoms. The van der Waals surface area contributed by atoms with Crippen LogP contribution in [0.3, 0.4) is 0 Å². The van der Waals surface area contributed by atoms with E-state index < -0.39 is 24.1 Å². The van der Waals surface area contributed by atoms with E-state index in [1.807, 2.05) is 0 Å². The minimum absolute atomic E-state index is 0.00409. The van der Waals surface area contributed by atoms with Crippen molar-refractivity contribution in [2.45, 2.75) is 38.0 Å². The standard InChI is InChI=1S/C10H18N2O5/c1-6(13)8(9(14)15)12-10(16)11-5-7-3-2-4-17-7/h6-8,13H,2-5H2,1H3,(H,14,15)(H2,11,12,16). The molecule has 1 aliphatic rings. The highest BCUT2D eigenvalue weighted by atomic mass is 16.5. The van der Waals surface area contributed by atoms with E-state index in [1.165, 1.54) is 6.92 Å². The number of carboxylic acid groups (broad SMARTS) is 1. The topological polar surface area (TPSA) is 108 Å². The maximum Gasteiger partial charge on any atom is 0.328 e. The first-order valence-electron chi connectivity index (χ1n) is 5.57. The molecular formula is C10H18N2O5. The summed E-state index contributed by atoms with van der Waals surface area (Å²) in [7, 11) is 0. The molecule has 3 atom stereocenters. The molecule has 0 saturated carbocycles. The van der Waals surface area contributed by atoms with Gasteiger partial charge in [0.05, 0.1) is 12.2 Å². The molecule has 0 radical (unpaired) electrons. The number of aliphatic carboxylic acids is 1. The van der Waals surface area contributed by atoms with E-state index in [-0.39, 0.29) is 6.10 Å². The second-order valence-corrected chi connectivity index (χ2v) is 4.05. The molecule has 1 heterocycles. The Morgan fingerprint density at radius 1 is 1.53 bits per heavy atom. The third-order valence-electron chi connectivity index (χ3n) is 2.55. The fraction of sp³-hybridized carbons (Fsp3) is 0.800. The van der Waals surface area contributed by atoms with Gasteiger partial charge in [-0.05, 0) is 19.8 Å². The van der Waals surface area contributed by atoms with E-state index in [9.17, 15) is 9.59 Å². The van der Waals surface area contributed by atoms with E-state index in [2.05, 4.69) is 10.6 Å². The predicted octanol–water partition coefficient (Wildman–Crippen LogP) is -0.701. The third kappa shape index (κ3) is 4.58. The van der Waals surface area contributed by atoms with Gasteiger partial charge in [0.2, 0.25) is 0 Å². The summed E-state index contributed by atoms with van der Waals surface area (Å²) in [6.45, 7) is 2.34. The Morgan fingerprint density at radius 2 is 2.24 bits per heavy atom. The maximum atomic E-state index is 11.4. The lowest BCUT2D eigenvalue weighted by molar-refractivity contribution is -0.141. The molecule has 98 valence electrons. The third-order valence-corrected chi connectivity index (χ3v) is 2.55. The summed E-state index contributed by atoms with van der Waals surface area (Å²) < 4.78 is 5.30. The second kappa shape index (κ2) is 6.41. The number of urea groups is 1. The Balaban J connectivity index is 2.29. The summed E-state index contributed by atoms with van der Waals surface area (Å²) in [5, 5.41) is 22.6. The molecule has 4 N–H and O–H groups in total. The zero-order valence-corrected chi connectivity index (χ0v) is 9.68. The number of amides is 2. The molecule has 0 bridgehead atoms. The number of hydrogen-bond acceptors (Lipinski definition) is 4. The van der Waals surface area contributed by atoms with Crippen LogP contribution >= 0.6 is 0 Å². The SMILES string of the molecule is CC(O)C(NC(=O)NCC1CCCO1)C(=O)O. The highest BCUT2D eigenvalue weighted by molar-refractivity contribution is 5.82. The first-order chi connectivity index (χ1) is 8.00. The van der Waals surface area contributed by atoms with Crippen LogP contribution in [0, 0.1) is 0 Å². The van der Waals surface area contributed by atoms with Crippen LogP contribution in [0.2, 0.25) is 0 Å². The van der Waals surface area contributed by atoms with E-state index >= 15 is 0 Å². The van der Waals surface area contributed by atoms with E-state index in [0.717, 1.165) is 12.8 Å². The van der Waals surface area contributed by atoms with Gasteiger partial charge in [-0.25, -0.2) is 9.59 Å². The number of hydrogen-bond donors (Lipinski definition) is 4. The Kier molecular flexibility index (Phi) is 5.17. The average molecular weight is 246 g/mol. The minimum atomic E-state index is -1.31. The highest BCUT2D eigenvalue weighted by Gasteiger charge is 2.25. The highest BCUT2D eigenvalue weighted by Crippen LogP contribution is 2.10. The number of carbonyl (C=O) groups excluding carboxylic acids is 1. The lowest BCUT2D eigenvalue weighted by Crippen LogP contribution is -2.52. The Labute approximate surface area is 99.1 Å². The van der Waals surface area contributed by atoms with Crippen LogP contribution in [0.1, 0.15) is 19.8 Å². The number of aliphatic hydroxyl groups is 1. The molecule has 7 heteroatoms. The average Bonchev–Trinajstić information content (AvgIpc) is 2.74. The number of nitrogens with one attached hydrogen (secondary N) is 2. The Hall–Kier alpha value is -1.34. The van der Waals surface area contributed by atoms with Gasteiger partial charge in [0.25, 0.3) is 0 Å². The van der Waals surface area contributed by atoms with Crippen LogP contribution in [0.5, 0.6) is 0 Å². The molecular weight excluding hydrogens is 228 g/mol.